The molecule has 0 unspecified atom stereocenters. The van der Waals surface area contributed by atoms with Gasteiger partial charge in [-0.25, -0.2) is 14.4 Å². The van der Waals surface area contributed by atoms with Crippen LogP contribution in [0.25, 0.3) is 11.4 Å². The summed E-state index contributed by atoms with van der Waals surface area (Å²) in [5.41, 5.74) is 6.42. The Morgan fingerprint density at radius 1 is 1.10 bits per heavy atom. The van der Waals surface area contributed by atoms with Crippen LogP contribution in [-0.4, -0.2) is 28.5 Å². The highest BCUT2D eigenvalue weighted by atomic mass is 19.1. The number of nitrogens with two attached hydrogens (primary N) is 1. The maximum absolute atomic E-state index is 13.0. The Morgan fingerprint density at radius 3 is 2.34 bits per heavy atom. The van der Waals surface area contributed by atoms with E-state index in [4.69, 9.17) is 10.5 Å². The molecule has 2 heterocycles. The van der Waals surface area contributed by atoms with Crippen LogP contribution >= 0.6 is 0 Å². The summed E-state index contributed by atoms with van der Waals surface area (Å²) >= 11 is 0. The summed E-state index contributed by atoms with van der Waals surface area (Å²) in [6, 6.07) is 15.0. The molecular weight excluding hydrogens is 371 g/mol. The molecule has 1 aliphatic heterocycles. The van der Waals surface area contributed by atoms with Gasteiger partial charge in [0.05, 0.1) is 0 Å². The maximum atomic E-state index is 13.0. The molecule has 29 heavy (non-hydrogen) atoms. The van der Waals surface area contributed by atoms with Crippen molar-refractivity contribution >= 4 is 11.7 Å². The molecule has 2 N–H and O–H groups in total. The van der Waals surface area contributed by atoms with Crippen LogP contribution in [0.5, 0.6) is 11.5 Å². The van der Waals surface area contributed by atoms with Crippen LogP contribution in [0.15, 0.2) is 54.6 Å². The number of primary amides is 1. The number of hydrogen-bond donors (Lipinski definition) is 1. The zero-order valence-corrected chi connectivity index (χ0v) is 16.0. The van der Waals surface area contributed by atoms with Gasteiger partial charge in [-0.05, 0) is 68.3 Å². The standard InChI is InChI=1S/C22H21FN4O2/c1-14-3-2-12-27(14)20-13-19(21(24)28)25-22(26-20)15-4-8-17(9-5-15)29-18-10-6-16(23)7-11-18/h4-11,13-14H,2-3,12H2,1H3,(H2,24,28)/t14-/m1/s1. The van der Waals surface area contributed by atoms with Crippen molar-refractivity contribution in [1.82, 2.24) is 9.97 Å². The lowest BCUT2D eigenvalue weighted by molar-refractivity contribution is 0.0995. The molecule has 6 nitrogen and oxygen atoms in total. The Kier molecular flexibility index (Phi) is 5.12. The van der Waals surface area contributed by atoms with Gasteiger partial charge < -0.3 is 15.4 Å². The number of carbonyl (C=O) groups excluding carboxylic acids is 1. The average molecular weight is 392 g/mol. The van der Waals surface area contributed by atoms with Crippen LogP contribution in [0.3, 0.4) is 0 Å². The van der Waals surface area contributed by atoms with E-state index in [0.29, 0.717) is 29.2 Å². The van der Waals surface area contributed by atoms with Gasteiger partial charge in [-0.3, -0.25) is 4.79 Å². The van der Waals surface area contributed by atoms with E-state index in [1.165, 1.54) is 12.1 Å². The topological polar surface area (TPSA) is 81.3 Å². The number of anilines is 1. The number of amides is 1. The normalized spacial score (nSPS) is 16.1. The highest BCUT2D eigenvalue weighted by Gasteiger charge is 2.23. The van der Waals surface area contributed by atoms with Crippen LogP contribution < -0.4 is 15.4 Å². The van der Waals surface area contributed by atoms with Gasteiger partial charge >= 0.3 is 0 Å². The first-order valence-corrected chi connectivity index (χ1v) is 9.49. The zero-order valence-electron chi connectivity index (χ0n) is 16.0. The molecule has 2 aromatic carbocycles. The first-order chi connectivity index (χ1) is 14.0. The number of aromatic nitrogens is 2. The van der Waals surface area contributed by atoms with E-state index in [1.807, 2.05) is 12.1 Å². The summed E-state index contributed by atoms with van der Waals surface area (Å²) in [5.74, 6) is 1.38. The number of nitrogens with zero attached hydrogens (tertiary/aromatic N) is 3. The molecule has 0 saturated carbocycles. The Balaban J connectivity index is 1.62. The Bertz CT molecular complexity index is 1020. The predicted molar refractivity (Wildman–Crippen MR) is 109 cm³/mol. The summed E-state index contributed by atoms with van der Waals surface area (Å²) in [7, 11) is 0. The summed E-state index contributed by atoms with van der Waals surface area (Å²) in [4.78, 5) is 22.9. The van der Waals surface area contributed by atoms with Gasteiger partial charge in [0.1, 0.15) is 28.8 Å². The number of benzene rings is 2. The van der Waals surface area contributed by atoms with Crippen molar-refractivity contribution in [2.24, 2.45) is 5.73 Å². The van der Waals surface area contributed by atoms with Crippen molar-refractivity contribution in [3.8, 4) is 22.9 Å². The SMILES string of the molecule is C[C@@H]1CCCN1c1cc(C(N)=O)nc(-c2ccc(Oc3ccc(F)cc3)cc2)n1. The molecule has 1 amide bonds. The number of halogens is 1. The van der Waals surface area contributed by atoms with Gasteiger partial charge in [0.25, 0.3) is 5.91 Å². The lowest BCUT2D eigenvalue weighted by Crippen LogP contribution is -2.28. The summed E-state index contributed by atoms with van der Waals surface area (Å²) in [6.45, 7) is 3.03. The van der Waals surface area contributed by atoms with Crippen molar-refractivity contribution in [2.45, 2.75) is 25.8 Å². The Labute approximate surface area is 168 Å². The zero-order chi connectivity index (χ0) is 20.4. The average Bonchev–Trinajstić information content (AvgIpc) is 3.16. The molecule has 1 aliphatic rings. The minimum absolute atomic E-state index is 0.190. The van der Waals surface area contributed by atoms with E-state index in [2.05, 4.69) is 21.8 Å². The van der Waals surface area contributed by atoms with E-state index in [0.717, 1.165) is 24.9 Å². The second-order valence-electron chi connectivity index (χ2n) is 7.06. The fourth-order valence-corrected chi connectivity index (χ4v) is 3.42. The molecule has 1 aromatic heterocycles. The van der Waals surface area contributed by atoms with E-state index in [9.17, 15) is 9.18 Å². The van der Waals surface area contributed by atoms with Crippen LogP contribution in [-0.2, 0) is 0 Å². The van der Waals surface area contributed by atoms with E-state index >= 15 is 0 Å². The Morgan fingerprint density at radius 2 is 1.76 bits per heavy atom. The van der Waals surface area contributed by atoms with E-state index < -0.39 is 5.91 Å². The van der Waals surface area contributed by atoms with Crippen molar-refractivity contribution < 1.29 is 13.9 Å². The van der Waals surface area contributed by atoms with Gasteiger partial charge in [-0.2, -0.15) is 0 Å². The molecule has 0 bridgehead atoms. The van der Waals surface area contributed by atoms with Crippen molar-refractivity contribution in [1.29, 1.82) is 0 Å². The van der Waals surface area contributed by atoms with Gasteiger partial charge in [-0.15, -0.1) is 0 Å². The molecule has 1 atom stereocenters. The fraction of sp³-hybridized carbons (Fsp3) is 0.227. The first-order valence-electron chi connectivity index (χ1n) is 9.49. The molecule has 3 aromatic rings. The van der Waals surface area contributed by atoms with Crippen molar-refractivity contribution in [3.05, 3.63) is 66.1 Å². The lowest BCUT2D eigenvalue weighted by Gasteiger charge is -2.23. The Hall–Kier alpha value is -3.48. The third-order valence-electron chi connectivity index (χ3n) is 4.97. The van der Waals surface area contributed by atoms with Gasteiger partial charge in [0.2, 0.25) is 0 Å². The highest BCUT2D eigenvalue weighted by molar-refractivity contribution is 5.92. The first kappa shape index (κ1) is 18.9. The summed E-state index contributed by atoms with van der Waals surface area (Å²) < 4.78 is 18.7. The van der Waals surface area contributed by atoms with Crippen LogP contribution in [0.2, 0.25) is 0 Å². The maximum Gasteiger partial charge on any atom is 0.267 e. The number of ether oxygens (including phenoxy) is 1. The monoisotopic (exact) mass is 392 g/mol. The van der Waals surface area contributed by atoms with E-state index in [-0.39, 0.29) is 11.5 Å². The molecule has 4 rings (SSSR count). The van der Waals surface area contributed by atoms with Gasteiger partial charge in [0, 0.05) is 24.2 Å². The largest absolute Gasteiger partial charge is 0.457 e. The molecular formula is C22H21FN4O2. The summed E-state index contributed by atoms with van der Waals surface area (Å²) in [6.07, 6.45) is 2.17. The minimum Gasteiger partial charge on any atom is -0.457 e. The molecule has 0 radical (unpaired) electrons. The number of rotatable bonds is 5. The fourth-order valence-electron chi connectivity index (χ4n) is 3.42. The molecule has 1 saturated heterocycles. The second-order valence-corrected chi connectivity index (χ2v) is 7.06. The summed E-state index contributed by atoms with van der Waals surface area (Å²) in [5, 5.41) is 0. The third-order valence-corrected chi connectivity index (χ3v) is 4.97. The second kappa shape index (κ2) is 7.87. The molecule has 0 spiro atoms. The van der Waals surface area contributed by atoms with E-state index in [1.54, 1.807) is 30.3 Å². The van der Waals surface area contributed by atoms with Crippen molar-refractivity contribution in [3.63, 3.8) is 0 Å². The van der Waals surface area contributed by atoms with Gasteiger partial charge in [0.15, 0.2) is 5.82 Å². The lowest BCUT2D eigenvalue weighted by atomic mass is 10.2. The van der Waals surface area contributed by atoms with Crippen molar-refractivity contribution in [2.75, 3.05) is 11.4 Å². The predicted octanol–water partition coefficient (Wildman–Crippen LogP) is 4.16. The number of hydrogen-bond acceptors (Lipinski definition) is 5. The molecule has 7 heteroatoms. The quantitative estimate of drug-likeness (QED) is 0.705. The van der Waals surface area contributed by atoms with Crippen LogP contribution in [0.4, 0.5) is 10.2 Å². The molecule has 148 valence electrons. The van der Waals surface area contributed by atoms with Crippen LogP contribution in [0, 0.1) is 5.82 Å². The molecule has 0 aliphatic carbocycles. The number of carbonyl (C=O) groups is 1. The van der Waals surface area contributed by atoms with Crippen LogP contribution in [0.1, 0.15) is 30.3 Å². The minimum atomic E-state index is -0.585. The highest BCUT2D eigenvalue weighted by Crippen LogP contribution is 2.28. The smallest absolute Gasteiger partial charge is 0.267 e. The molecule has 1 fully saturated rings. The third kappa shape index (κ3) is 4.18. The van der Waals surface area contributed by atoms with Gasteiger partial charge in [-0.1, -0.05) is 0 Å².